The Bertz CT molecular complexity index is 462. The Hall–Kier alpha value is -1.49. The Kier molecular flexibility index (Phi) is 3.11. The van der Waals surface area contributed by atoms with Gasteiger partial charge in [-0.25, -0.2) is 8.78 Å². The second-order valence-corrected chi connectivity index (χ2v) is 4.29. The van der Waals surface area contributed by atoms with Crippen molar-refractivity contribution in [2.45, 2.75) is 25.8 Å². The molecule has 1 amide bonds. The van der Waals surface area contributed by atoms with E-state index in [1.54, 1.807) is 0 Å². The van der Waals surface area contributed by atoms with Gasteiger partial charge in [-0.15, -0.1) is 0 Å². The number of hydrogen-bond donors (Lipinski definition) is 1. The zero-order chi connectivity index (χ0) is 12.6. The number of hydrogen-bond acceptors (Lipinski definition) is 2. The molecule has 17 heavy (non-hydrogen) atoms. The maximum Gasteiger partial charge on any atom is 0.243 e. The van der Waals surface area contributed by atoms with Crippen LogP contribution in [0.15, 0.2) is 12.1 Å². The molecule has 1 saturated heterocycles. The number of rotatable bonds is 1. The lowest BCUT2D eigenvalue weighted by Gasteiger charge is -2.30. The fourth-order valence-electron chi connectivity index (χ4n) is 1.98. The average molecular weight is 240 g/mol. The van der Waals surface area contributed by atoms with E-state index in [1.165, 1.54) is 11.8 Å². The van der Waals surface area contributed by atoms with E-state index in [0.717, 1.165) is 12.1 Å². The molecule has 0 saturated carbocycles. The van der Waals surface area contributed by atoms with E-state index < -0.39 is 17.7 Å². The number of carbonyl (C=O) groups excluding carboxylic acids is 1. The van der Waals surface area contributed by atoms with Crippen molar-refractivity contribution < 1.29 is 13.6 Å². The molecule has 0 spiro atoms. The molecule has 1 aromatic carbocycles. The summed E-state index contributed by atoms with van der Waals surface area (Å²) in [6.45, 7) is 1.86. The molecule has 1 aliphatic rings. The molecule has 2 rings (SSSR count). The number of halogens is 2. The van der Waals surface area contributed by atoms with Crippen LogP contribution in [0.25, 0.3) is 0 Å². The number of piperidine rings is 1. The van der Waals surface area contributed by atoms with Gasteiger partial charge in [0.2, 0.25) is 5.91 Å². The second kappa shape index (κ2) is 4.41. The lowest BCUT2D eigenvalue weighted by atomic mass is 10.0. The third-order valence-corrected chi connectivity index (χ3v) is 3.00. The van der Waals surface area contributed by atoms with E-state index in [2.05, 4.69) is 0 Å². The van der Waals surface area contributed by atoms with Crippen molar-refractivity contribution in [1.29, 1.82) is 0 Å². The van der Waals surface area contributed by atoms with E-state index in [-0.39, 0.29) is 17.2 Å². The summed E-state index contributed by atoms with van der Waals surface area (Å²) in [6.07, 6.45) is 1.28. The molecule has 3 nitrogen and oxygen atoms in total. The Labute approximate surface area is 98.2 Å². The third-order valence-electron chi connectivity index (χ3n) is 3.00. The normalized spacial score (nSPS) is 20.8. The second-order valence-electron chi connectivity index (χ2n) is 4.29. The minimum absolute atomic E-state index is 0.0201. The SMILES string of the molecule is Cc1cc(F)c(N2CCCC(N)C2=O)cc1F. The number of anilines is 1. The maximum atomic E-state index is 13.7. The minimum atomic E-state index is -0.618. The number of amides is 1. The molecule has 0 bridgehead atoms. The number of nitrogens with zero attached hydrogens (tertiary/aromatic N) is 1. The van der Waals surface area contributed by atoms with Crippen LogP contribution in [0.5, 0.6) is 0 Å². The highest BCUT2D eigenvalue weighted by Gasteiger charge is 2.28. The Balaban J connectivity index is 2.39. The van der Waals surface area contributed by atoms with E-state index in [1.807, 2.05) is 0 Å². The Morgan fingerprint density at radius 2 is 2.06 bits per heavy atom. The van der Waals surface area contributed by atoms with Gasteiger partial charge < -0.3 is 10.6 Å². The lowest BCUT2D eigenvalue weighted by molar-refractivity contribution is -0.120. The highest BCUT2D eigenvalue weighted by molar-refractivity contribution is 5.97. The smallest absolute Gasteiger partial charge is 0.243 e. The van der Waals surface area contributed by atoms with Crippen molar-refractivity contribution in [3.05, 3.63) is 29.3 Å². The maximum absolute atomic E-state index is 13.7. The molecular formula is C12H14F2N2O. The zero-order valence-corrected chi connectivity index (χ0v) is 9.54. The van der Waals surface area contributed by atoms with Gasteiger partial charge in [0, 0.05) is 12.6 Å². The molecule has 2 N–H and O–H groups in total. The van der Waals surface area contributed by atoms with Crippen LogP contribution < -0.4 is 10.6 Å². The van der Waals surface area contributed by atoms with E-state index in [4.69, 9.17) is 5.73 Å². The molecule has 0 aliphatic carbocycles. The van der Waals surface area contributed by atoms with Gasteiger partial charge in [-0.3, -0.25) is 4.79 Å². The number of aryl methyl sites for hydroxylation is 1. The number of nitrogens with two attached hydrogens (primary N) is 1. The quantitative estimate of drug-likeness (QED) is 0.812. The number of carbonyl (C=O) groups is 1. The molecule has 1 aliphatic heterocycles. The minimum Gasteiger partial charge on any atom is -0.320 e. The molecule has 0 radical (unpaired) electrons. The first-order valence-corrected chi connectivity index (χ1v) is 5.53. The summed E-state index contributed by atoms with van der Waals surface area (Å²) in [6, 6.07) is 1.53. The summed E-state index contributed by atoms with van der Waals surface area (Å²) < 4.78 is 27.1. The lowest BCUT2D eigenvalue weighted by Crippen LogP contribution is -2.48. The first kappa shape index (κ1) is 12.0. The molecule has 5 heteroatoms. The van der Waals surface area contributed by atoms with Gasteiger partial charge in [0.05, 0.1) is 11.7 Å². The van der Waals surface area contributed by atoms with Crippen LogP contribution in [0.2, 0.25) is 0 Å². The topological polar surface area (TPSA) is 46.3 Å². The predicted molar refractivity (Wildman–Crippen MR) is 60.7 cm³/mol. The molecule has 1 atom stereocenters. The van der Waals surface area contributed by atoms with Crippen LogP contribution in [-0.2, 0) is 4.79 Å². The Morgan fingerprint density at radius 1 is 1.35 bits per heavy atom. The van der Waals surface area contributed by atoms with Crippen molar-refractivity contribution in [1.82, 2.24) is 0 Å². The van der Waals surface area contributed by atoms with Gasteiger partial charge in [-0.1, -0.05) is 0 Å². The standard InChI is InChI=1S/C12H14F2N2O/c1-7-5-9(14)11(6-8(7)13)16-4-2-3-10(15)12(16)17/h5-6,10H,2-4,15H2,1H3. The molecule has 92 valence electrons. The van der Waals surface area contributed by atoms with Gasteiger partial charge in [-0.05, 0) is 31.4 Å². The van der Waals surface area contributed by atoms with Gasteiger partial charge in [0.1, 0.15) is 11.6 Å². The summed E-state index contributed by atoms with van der Waals surface area (Å²) in [5.74, 6) is -1.46. The highest BCUT2D eigenvalue weighted by atomic mass is 19.1. The van der Waals surface area contributed by atoms with Crippen molar-refractivity contribution in [3.63, 3.8) is 0 Å². The summed E-state index contributed by atoms with van der Waals surface area (Å²) in [5.41, 5.74) is 5.82. The van der Waals surface area contributed by atoms with E-state index >= 15 is 0 Å². The number of benzene rings is 1. The third kappa shape index (κ3) is 2.15. The molecule has 1 unspecified atom stereocenters. The summed E-state index contributed by atoms with van der Waals surface area (Å²) in [4.78, 5) is 13.0. The van der Waals surface area contributed by atoms with Gasteiger partial charge >= 0.3 is 0 Å². The van der Waals surface area contributed by atoms with Crippen LogP contribution in [0, 0.1) is 18.6 Å². The van der Waals surface area contributed by atoms with Crippen LogP contribution in [0.3, 0.4) is 0 Å². The molecule has 1 heterocycles. The predicted octanol–water partition coefficient (Wildman–Crippen LogP) is 1.73. The molecule has 0 aromatic heterocycles. The monoisotopic (exact) mass is 240 g/mol. The molecular weight excluding hydrogens is 226 g/mol. The van der Waals surface area contributed by atoms with Gasteiger partial charge in [-0.2, -0.15) is 0 Å². The average Bonchev–Trinajstić information content (AvgIpc) is 2.28. The largest absolute Gasteiger partial charge is 0.320 e. The molecule has 1 aromatic rings. The zero-order valence-electron chi connectivity index (χ0n) is 9.54. The van der Waals surface area contributed by atoms with Crippen molar-refractivity contribution in [2.75, 3.05) is 11.4 Å². The summed E-state index contributed by atoms with van der Waals surface area (Å²) >= 11 is 0. The van der Waals surface area contributed by atoms with Crippen molar-refractivity contribution in [2.24, 2.45) is 5.73 Å². The van der Waals surface area contributed by atoms with E-state index in [9.17, 15) is 13.6 Å². The van der Waals surface area contributed by atoms with Crippen LogP contribution in [-0.4, -0.2) is 18.5 Å². The Morgan fingerprint density at radius 3 is 2.76 bits per heavy atom. The fraction of sp³-hybridized carbons (Fsp3) is 0.417. The highest BCUT2D eigenvalue weighted by Crippen LogP contribution is 2.26. The van der Waals surface area contributed by atoms with Crippen LogP contribution in [0.4, 0.5) is 14.5 Å². The summed E-state index contributed by atoms with van der Waals surface area (Å²) in [5, 5.41) is 0. The van der Waals surface area contributed by atoms with Crippen LogP contribution >= 0.6 is 0 Å². The van der Waals surface area contributed by atoms with Gasteiger partial charge in [0.25, 0.3) is 0 Å². The van der Waals surface area contributed by atoms with E-state index in [0.29, 0.717) is 19.4 Å². The van der Waals surface area contributed by atoms with Gasteiger partial charge in [0.15, 0.2) is 0 Å². The van der Waals surface area contributed by atoms with Crippen LogP contribution in [0.1, 0.15) is 18.4 Å². The van der Waals surface area contributed by atoms with Crippen molar-refractivity contribution >= 4 is 11.6 Å². The first-order valence-electron chi connectivity index (χ1n) is 5.53. The first-order chi connectivity index (χ1) is 8.00. The van der Waals surface area contributed by atoms with Crippen molar-refractivity contribution in [3.8, 4) is 0 Å². The summed E-state index contributed by atoms with van der Waals surface area (Å²) in [7, 11) is 0. The molecule has 1 fully saturated rings. The fourth-order valence-corrected chi connectivity index (χ4v) is 1.98.